The normalized spacial score (nSPS) is 17.4. The fraction of sp³-hybridized carbons (Fsp3) is 0.310. The summed E-state index contributed by atoms with van der Waals surface area (Å²) in [4.78, 5) is 29.0. The first-order valence-corrected chi connectivity index (χ1v) is 12.8. The zero-order chi connectivity index (χ0) is 26.4. The maximum atomic E-state index is 13.0. The fourth-order valence-electron chi connectivity index (χ4n) is 5.24. The molecular weight excluding hydrogens is 488 g/mol. The number of carbonyl (C=O) groups excluding carboxylic acids is 1. The first-order chi connectivity index (χ1) is 17.6. The van der Waals surface area contributed by atoms with Crippen molar-refractivity contribution < 1.29 is 9.53 Å². The van der Waals surface area contributed by atoms with Gasteiger partial charge in [0.25, 0.3) is 11.5 Å². The molecule has 4 aromatic rings. The van der Waals surface area contributed by atoms with Gasteiger partial charge in [0, 0.05) is 41.3 Å². The number of H-pyrrole nitrogens is 1. The summed E-state index contributed by atoms with van der Waals surface area (Å²) in [6.45, 7) is 5.93. The zero-order valence-electron chi connectivity index (χ0n) is 21.4. The molecule has 2 aromatic heterocycles. The number of aryl methyl sites for hydroxylation is 4. The molecule has 0 radical (unpaired) electrons. The van der Waals surface area contributed by atoms with Crippen molar-refractivity contribution >= 4 is 28.4 Å². The highest BCUT2D eigenvalue weighted by Crippen LogP contribution is 2.35. The van der Waals surface area contributed by atoms with Crippen molar-refractivity contribution in [2.45, 2.75) is 52.1 Å². The van der Waals surface area contributed by atoms with Gasteiger partial charge in [-0.05, 0) is 92.6 Å². The third-order valence-electron chi connectivity index (χ3n) is 7.02. The molecule has 37 heavy (non-hydrogen) atoms. The fourth-order valence-corrected chi connectivity index (χ4v) is 5.56. The average Bonchev–Trinajstić information content (AvgIpc) is 3.45. The highest BCUT2D eigenvalue weighted by Gasteiger charge is 2.25. The lowest BCUT2D eigenvalue weighted by molar-refractivity contribution is 0.0933. The van der Waals surface area contributed by atoms with Crippen molar-refractivity contribution in [3.63, 3.8) is 0 Å². The highest BCUT2D eigenvalue weighted by molar-refractivity contribution is 6.30. The van der Waals surface area contributed by atoms with Gasteiger partial charge in [0.15, 0.2) is 0 Å². The first-order valence-electron chi connectivity index (χ1n) is 12.4. The van der Waals surface area contributed by atoms with Crippen LogP contribution in [0.3, 0.4) is 0 Å². The Balaban J connectivity index is 1.55. The molecule has 192 valence electrons. The van der Waals surface area contributed by atoms with E-state index in [9.17, 15) is 9.59 Å². The number of nitrogens with one attached hydrogen (secondary N) is 2. The van der Waals surface area contributed by atoms with Gasteiger partial charge in [-0.2, -0.15) is 0 Å². The zero-order valence-corrected chi connectivity index (χ0v) is 22.2. The Hall–Kier alpha value is -3.55. The summed E-state index contributed by atoms with van der Waals surface area (Å²) in [5.41, 5.74) is 11.2. The van der Waals surface area contributed by atoms with E-state index in [-0.39, 0.29) is 23.6 Å². The molecule has 8 heteroatoms. The first kappa shape index (κ1) is 25.1. The van der Waals surface area contributed by atoms with Crippen molar-refractivity contribution in [3.05, 3.63) is 80.4 Å². The van der Waals surface area contributed by atoms with E-state index in [4.69, 9.17) is 22.1 Å². The predicted molar refractivity (Wildman–Crippen MR) is 148 cm³/mol. The van der Waals surface area contributed by atoms with E-state index in [1.54, 1.807) is 19.3 Å². The number of hydrogen-bond donors (Lipinski definition) is 3. The van der Waals surface area contributed by atoms with Gasteiger partial charge in [0.2, 0.25) is 0 Å². The minimum atomic E-state index is -0.231. The number of rotatable bonds is 5. The molecule has 2 atom stereocenters. The van der Waals surface area contributed by atoms with Crippen LogP contribution >= 0.6 is 11.6 Å². The lowest BCUT2D eigenvalue weighted by Crippen LogP contribution is -2.34. The molecule has 0 bridgehead atoms. The Morgan fingerprint density at radius 1 is 1.11 bits per heavy atom. The van der Waals surface area contributed by atoms with Crippen molar-refractivity contribution in [2.75, 3.05) is 0 Å². The summed E-state index contributed by atoms with van der Waals surface area (Å²) in [6, 6.07) is 11.6. The van der Waals surface area contributed by atoms with Crippen molar-refractivity contribution in [1.29, 1.82) is 0 Å². The van der Waals surface area contributed by atoms with Crippen LogP contribution in [0.2, 0.25) is 5.02 Å². The molecule has 0 aliphatic heterocycles. The third-order valence-corrected chi connectivity index (χ3v) is 7.24. The molecule has 0 saturated heterocycles. The second-order valence-electron chi connectivity index (χ2n) is 10.2. The smallest absolute Gasteiger partial charge is 0.274 e. The Bertz CT molecular complexity index is 1560. The molecule has 2 heterocycles. The standard InChI is InChI=1S/C29H31ClN4O3/c1-15-7-18(11-22(8-15)37-27-16(2)9-19(30)10-17(27)3)24-14-34(4)29(36)26-23(24)13-25(33-26)28(35)32-21-6-5-20(31)12-21/h7-11,13-14,20-21,33H,5-6,12,31H2,1-4H3,(H,32,35)/t20-,21-/m1/s1. The Labute approximate surface area is 220 Å². The second kappa shape index (κ2) is 9.72. The van der Waals surface area contributed by atoms with Gasteiger partial charge in [-0.25, -0.2) is 0 Å². The predicted octanol–water partition coefficient (Wildman–Crippen LogP) is 5.51. The number of nitrogens with two attached hydrogens (primary N) is 1. The number of nitrogens with zero attached hydrogens (tertiary/aromatic N) is 1. The number of amides is 1. The van der Waals surface area contributed by atoms with E-state index in [0.29, 0.717) is 27.4 Å². The molecule has 0 spiro atoms. The van der Waals surface area contributed by atoms with E-state index in [1.165, 1.54) is 4.57 Å². The number of halogens is 1. The Morgan fingerprint density at radius 2 is 1.84 bits per heavy atom. The lowest BCUT2D eigenvalue weighted by atomic mass is 10.0. The topological polar surface area (TPSA) is 102 Å². The maximum Gasteiger partial charge on any atom is 0.274 e. The highest BCUT2D eigenvalue weighted by atomic mass is 35.5. The minimum absolute atomic E-state index is 0.0486. The van der Waals surface area contributed by atoms with Gasteiger partial charge >= 0.3 is 0 Å². The van der Waals surface area contributed by atoms with Crippen molar-refractivity contribution in [3.8, 4) is 22.6 Å². The summed E-state index contributed by atoms with van der Waals surface area (Å²) in [7, 11) is 1.71. The van der Waals surface area contributed by atoms with Crippen LogP contribution in [0.5, 0.6) is 11.5 Å². The van der Waals surface area contributed by atoms with E-state index >= 15 is 0 Å². The number of aromatic nitrogens is 2. The SMILES string of the molecule is Cc1cc(Oc2c(C)cc(Cl)cc2C)cc(-c2cn(C)c(=O)c3[nH]c(C(=O)N[C@@H]4CC[C@@H](N)C4)cc23)c1. The van der Waals surface area contributed by atoms with Gasteiger partial charge in [0.05, 0.1) is 0 Å². The molecular formula is C29H31ClN4O3. The van der Waals surface area contributed by atoms with Gasteiger partial charge in [-0.3, -0.25) is 9.59 Å². The summed E-state index contributed by atoms with van der Waals surface area (Å²) in [5.74, 6) is 1.21. The summed E-state index contributed by atoms with van der Waals surface area (Å²) >= 11 is 6.20. The van der Waals surface area contributed by atoms with Crippen LogP contribution in [0.25, 0.3) is 22.0 Å². The Morgan fingerprint density at radius 3 is 2.51 bits per heavy atom. The van der Waals surface area contributed by atoms with Gasteiger partial charge < -0.3 is 25.3 Å². The van der Waals surface area contributed by atoms with Gasteiger partial charge in [0.1, 0.15) is 22.7 Å². The number of pyridine rings is 1. The van der Waals surface area contributed by atoms with Crippen LogP contribution in [0.15, 0.2) is 47.4 Å². The molecule has 4 N–H and O–H groups in total. The third kappa shape index (κ3) is 5.02. The van der Waals surface area contributed by atoms with E-state index < -0.39 is 0 Å². The molecule has 1 amide bonds. The van der Waals surface area contributed by atoms with Crippen molar-refractivity contribution in [2.24, 2.45) is 12.8 Å². The quantitative estimate of drug-likeness (QED) is 0.324. The largest absolute Gasteiger partial charge is 0.457 e. The number of aromatic amines is 1. The van der Waals surface area contributed by atoms with E-state index in [0.717, 1.165) is 52.8 Å². The summed E-state index contributed by atoms with van der Waals surface area (Å²) in [6.07, 6.45) is 4.32. The van der Waals surface area contributed by atoms with E-state index in [1.807, 2.05) is 51.1 Å². The number of benzene rings is 2. The van der Waals surface area contributed by atoms with Crippen LogP contribution in [0, 0.1) is 20.8 Å². The molecule has 1 saturated carbocycles. The minimum Gasteiger partial charge on any atom is -0.457 e. The monoisotopic (exact) mass is 518 g/mol. The van der Waals surface area contributed by atoms with Crippen LogP contribution in [-0.2, 0) is 7.05 Å². The van der Waals surface area contributed by atoms with Crippen LogP contribution in [0.4, 0.5) is 0 Å². The molecule has 1 aliphatic carbocycles. The van der Waals surface area contributed by atoms with Crippen molar-refractivity contribution in [1.82, 2.24) is 14.9 Å². The summed E-state index contributed by atoms with van der Waals surface area (Å²) < 4.78 is 7.85. The summed E-state index contributed by atoms with van der Waals surface area (Å²) in [5, 5.41) is 4.41. The van der Waals surface area contributed by atoms with Crippen LogP contribution in [-0.4, -0.2) is 27.5 Å². The molecule has 2 aromatic carbocycles. The van der Waals surface area contributed by atoms with Gasteiger partial charge in [-0.1, -0.05) is 17.7 Å². The lowest BCUT2D eigenvalue weighted by Gasteiger charge is -2.15. The van der Waals surface area contributed by atoms with Gasteiger partial charge in [-0.15, -0.1) is 0 Å². The molecule has 0 unspecified atom stereocenters. The molecule has 1 aliphatic rings. The molecule has 5 rings (SSSR count). The van der Waals surface area contributed by atoms with Crippen LogP contribution < -0.4 is 21.3 Å². The maximum absolute atomic E-state index is 13.0. The van der Waals surface area contributed by atoms with Crippen LogP contribution in [0.1, 0.15) is 46.4 Å². The number of ether oxygens (including phenoxy) is 1. The second-order valence-corrected chi connectivity index (χ2v) is 10.6. The number of carbonyl (C=O) groups is 1. The average molecular weight is 519 g/mol. The molecule has 1 fully saturated rings. The number of fused-ring (bicyclic) bond motifs is 1. The molecule has 7 nitrogen and oxygen atoms in total. The number of hydrogen-bond acceptors (Lipinski definition) is 4. The Kier molecular flexibility index (Phi) is 6.60. The van der Waals surface area contributed by atoms with E-state index in [2.05, 4.69) is 10.3 Å².